The minimum absolute atomic E-state index is 0.0366. The van der Waals surface area contributed by atoms with Crippen LogP contribution in [-0.4, -0.2) is 11.2 Å². The molecule has 130 valence electrons. The Balaban J connectivity index is 1.68. The first-order valence-electron chi connectivity index (χ1n) is 8.50. The first-order chi connectivity index (χ1) is 12.6. The van der Waals surface area contributed by atoms with Crippen LogP contribution in [0.25, 0.3) is 0 Å². The average Bonchev–Trinajstić information content (AvgIpc) is 2.67. The number of hydrogen-bond acceptors (Lipinski definition) is 2. The van der Waals surface area contributed by atoms with Crippen molar-refractivity contribution < 1.29 is 4.79 Å². The van der Waals surface area contributed by atoms with Crippen molar-refractivity contribution in [2.75, 3.05) is 4.90 Å². The van der Waals surface area contributed by atoms with Gasteiger partial charge in [-0.1, -0.05) is 64.0 Å². The van der Waals surface area contributed by atoms with E-state index in [0.717, 1.165) is 15.1 Å². The SMILES string of the molecule is Cc1ccc([C@H]2[C@@H](Sc3ccccc3)C(=O)N2c2ccc(Br)cc2)cc1. The number of aryl methyl sites for hydroxylation is 1. The molecule has 2 atom stereocenters. The van der Waals surface area contributed by atoms with Crippen molar-refractivity contribution in [1.29, 1.82) is 0 Å². The van der Waals surface area contributed by atoms with Crippen LogP contribution in [0.15, 0.2) is 88.2 Å². The first kappa shape index (κ1) is 17.4. The Hall–Kier alpha value is -2.04. The summed E-state index contributed by atoms with van der Waals surface area (Å²) in [5, 5.41) is -0.108. The molecular weight excluding hydrogens is 406 g/mol. The van der Waals surface area contributed by atoms with E-state index in [0.29, 0.717) is 0 Å². The predicted octanol–water partition coefficient (Wildman–Crippen LogP) is 6.01. The number of carbonyl (C=O) groups excluding carboxylic acids is 1. The van der Waals surface area contributed by atoms with Crippen molar-refractivity contribution in [2.45, 2.75) is 23.1 Å². The molecule has 3 aromatic rings. The molecule has 0 radical (unpaired) electrons. The summed E-state index contributed by atoms with van der Waals surface area (Å²) in [6, 6.07) is 26.6. The van der Waals surface area contributed by atoms with Gasteiger partial charge in [-0.05, 0) is 48.9 Å². The quantitative estimate of drug-likeness (QED) is 0.479. The summed E-state index contributed by atoms with van der Waals surface area (Å²) in [7, 11) is 0. The molecule has 26 heavy (non-hydrogen) atoms. The maximum Gasteiger partial charge on any atom is 0.243 e. The van der Waals surface area contributed by atoms with Crippen molar-refractivity contribution in [3.05, 3.63) is 94.5 Å². The Morgan fingerprint density at radius 1 is 0.885 bits per heavy atom. The number of carbonyl (C=O) groups is 1. The standard InChI is InChI=1S/C22H18BrNOS/c1-15-7-9-16(10-8-15)20-21(26-19-5-3-2-4-6-19)22(25)24(20)18-13-11-17(23)12-14-18/h2-14,20-21H,1H3/t20-,21+/m0/s1. The van der Waals surface area contributed by atoms with Crippen molar-refractivity contribution in [3.63, 3.8) is 0 Å². The van der Waals surface area contributed by atoms with Gasteiger partial charge in [0, 0.05) is 15.1 Å². The fraction of sp³-hybridized carbons (Fsp3) is 0.136. The molecule has 0 aliphatic carbocycles. The summed E-state index contributed by atoms with van der Waals surface area (Å²) < 4.78 is 1.01. The van der Waals surface area contributed by atoms with Gasteiger partial charge in [-0.2, -0.15) is 0 Å². The molecule has 4 rings (SSSR count). The van der Waals surface area contributed by atoms with E-state index in [1.165, 1.54) is 11.1 Å². The normalized spacial score (nSPS) is 19.3. The lowest BCUT2D eigenvalue weighted by Gasteiger charge is -2.47. The Morgan fingerprint density at radius 2 is 1.54 bits per heavy atom. The highest BCUT2D eigenvalue weighted by Gasteiger charge is 2.49. The number of halogens is 1. The minimum atomic E-state index is -0.108. The van der Waals surface area contributed by atoms with Crippen LogP contribution < -0.4 is 4.90 Å². The highest BCUT2D eigenvalue weighted by molar-refractivity contribution is 9.10. The number of thioether (sulfide) groups is 1. The summed E-state index contributed by atoms with van der Waals surface area (Å²) >= 11 is 5.11. The lowest BCUT2D eigenvalue weighted by Crippen LogP contribution is -2.57. The lowest BCUT2D eigenvalue weighted by molar-refractivity contribution is -0.123. The zero-order valence-electron chi connectivity index (χ0n) is 14.3. The summed E-state index contributed by atoms with van der Waals surface area (Å²) in [5.41, 5.74) is 3.34. The Labute approximate surface area is 166 Å². The molecule has 0 saturated carbocycles. The summed E-state index contributed by atoms with van der Waals surface area (Å²) in [4.78, 5) is 16.0. The molecule has 1 fully saturated rings. The molecule has 1 amide bonds. The second-order valence-electron chi connectivity index (χ2n) is 6.39. The molecule has 3 aromatic carbocycles. The fourth-order valence-electron chi connectivity index (χ4n) is 3.20. The van der Waals surface area contributed by atoms with Crippen LogP contribution in [0.5, 0.6) is 0 Å². The van der Waals surface area contributed by atoms with Crippen LogP contribution in [0.2, 0.25) is 0 Å². The van der Waals surface area contributed by atoms with E-state index in [9.17, 15) is 4.79 Å². The first-order valence-corrected chi connectivity index (χ1v) is 10.2. The minimum Gasteiger partial charge on any atom is -0.302 e. The molecule has 0 aromatic heterocycles. The monoisotopic (exact) mass is 423 g/mol. The third-order valence-electron chi connectivity index (χ3n) is 4.58. The van der Waals surface area contributed by atoms with Crippen LogP contribution >= 0.6 is 27.7 Å². The van der Waals surface area contributed by atoms with E-state index in [4.69, 9.17) is 0 Å². The molecule has 1 aliphatic heterocycles. The van der Waals surface area contributed by atoms with Gasteiger partial charge in [0.05, 0.1) is 6.04 Å². The van der Waals surface area contributed by atoms with E-state index in [2.05, 4.69) is 59.3 Å². The molecule has 0 spiro atoms. The van der Waals surface area contributed by atoms with Crippen LogP contribution in [0, 0.1) is 6.92 Å². The van der Waals surface area contributed by atoms with Gasteiger partial charge in [-0.25, -0.2) is 0 Å². The topological polar surface area (TPSA) is 20.3 Å². The van der Waals surface area contributed by atoms with Gasteiger partial charge in [0.2, 0.25) is 5.91 Å². The highest BCUT2D eigenvalue weighted by Crippen LogP contribution is 2.47. The Kier molecular flexibility index (Phi) is 4.88. The van der Waals surface area contributed by atoms with Crippen LogP contribution in [0.4, 0.5) is 5.69 Å². The number of nitrogens with zero attached hydrogens (tertiary/aromatic N) is 1. The third kappa shape index (κ3) is 3.31. The maximum absolute atomic E-state index is 13.0. The zero-order chi connectivity index (χ0) is 18.1. The second-order valence-corrected chi connectivity index (χ2v) is 8.52. The van der Waals surface area contributed by atoms with Gasteiger partial charge in [-0.15, -0.1) is 11.8 Å². The molecule has 2 nitrogen and oxygen atoms in total. The van der Waals surface area contributed by atoms with Crippen LogP contribution in [-0.2, 0) is 4.79 Å². The van der Waals surface area contributed by atoms with Crippen molar-refractivity contribution in [3.8, 4) is 0 Å². The maximum atomic E-state index is 13.0. The Bertz CT molecular complexity index is 909. The van der Waals surface area contributed by atoms with Gasteiger partial charge in [0.15, 0.2) is 0 Å². The molecule has 1 heterocycles. The Morgan fingerprint density at radius 3 is 2.19 bits per heavy atom. The van der Waals surface area contributed by atoms with Crippen LogP contribution in [0.3, 0.4) is 0 Å². The van der Waals surface area contributed by atoms with Gasteiger partial charge >= 0.3 is 0 Å². The van der Waals surface area contributed by atoms with Gasteiger partial charge in [-0.3, -0.25) is 4.79 Å². The lowest BCUT2D eigenvalue weighted by atomic mass is 9.92. The molecule has 1 aliphatic rings. The van der Waals surface area contributed by atoms with Gasteiger partial charge < -0.3 is 4.90 Å². The van der Waals surface area contributed by atoms with E-state index < -0.39 is 0 Å². The number of β-lactam (4-membered cyclic amide) rings is 1. The summed E-state index contributed by atoms with van der Waals surface area (Å²) in [6.07, 6.45) is 0. The number of hydrogen-bond donors (Lipinski definition) is 0. The molecule has 4 heteroatoms. The fourth-order valence-corrected chi connectivity index (χ4v) is 4.69. The molecule has 0 unspecified atom stereocenters. The van der Waals surface area contributed by atoms with Gasteiger partial charge in [0.25, 0.3) is 0 Å². The van der Waals surface area contributed by atoms with Crippen molar-refractivity contribution in [1.82, 2.24) is 0 Å². The second kappa shape index (κ2) is 7.29. The predicted molar refractivity (Wildman–Crippen MR) is 112 cm³/mol. The van der Waals surface area contributed by atoms with Gasteiger partial charge in [0.1, 0.15) is 5.25 Å². The molecule has 0 N–H and O–H groups in total. The van der Waals surface area contributed by atoms with E-state index in [1.807, 2.05) is 47.4 Å². The smallest absolute Gasteiger partial charge is 0.243 e. The summed E-state index contributed by atoms with van der Waals surface area (Å²) in [5.74, 6) is 0.159. The number of benzene rings is 3. The van der Waals surface area contributed by atoms with Crippen LogP contribution in [0.1, 0.15) is 17.2 Å². The molecule has 0 bridgehead atoms. The zero-order valence-corrected chi connectivity index (χ0v) is 16.7. The number of amides is 1. The van der Waals surface area contributed by atoms with Crippen molar-refractivity contribution >= 4 is 39.3 Å². The number of anilines is 1. The molecular formula is C22H18BrNOS. The summed E-state index contributed by atoms with van der Waals surface area (Å²) in [6.45, 7) is 2.08. The van der Waals surface area contributed by atoms with E-state index >= 15 is 0 Å². The highest BCUT2D eigenvalue weighted by atomic mass is 79.9. The van der Waals surface area contributed by atoms with E-state index in [1.54, 1.807) is 11.8 Å². The van der Waals surface area contributed by atoms with E-state index in [-0.39, 0.29) is 17.2 Å². The van der Waals surface area contributed by atoms with Crippen molar-refractivity contribution in [2.24, 2.45) is 0 Å². The third-order valence-corrected chi connectivity index (χ3v) is 6.36. The largest absolute Gasteiger partial charge is 0.302 e. The molecule has 1 saturated heterocycles. The number of rotatable bonds is 4. The average molecular weight is 424 g/mol.